The minimum Gasteiger partial charge on any atom is -0.326 e. The van der Waals surface area contributed by atoms with Gasteiger partial charge in [-0.2, -0.15) is 0 Å². The van der Waals surface area contributed by atoms with Gasteiger partial charge in [0.2, 0.25) is 5.91 Å². The molecule has 0 fully saturated rings. The van der Waals surface area contributed by atoms with Gasteiger partial charge in [-0.25, -0.2) is 0 Å². The molecule has 0 radical (unpaired) electrons. The highest BCUT2D eigenvalue weighted by molar-refractivity contribution is 5.77. The van der Waals surface area contributed by atoms with Crippen LogP contribution in [0.4, 0.5) is 0 Å². The van der Waals surface area contributed by atoms with Crippen LogP contribution >= 0.6 is 0 Å². The normalized spacial score (nSPS) is 10.9. The number of hydrogen-bond donors (Lipinski definition) is 1. The second-order valence-corrected chi connectivity index (χ2v) is 3.19. The highest BCUT2D eigenvalue weighted by atomic mass is 16.1. The van der Waals surface area contributed by atoms with E-state index in [4.69, 9.17) is 0 Å². The Morgan fingerprint density at radius 1 is 1.31 bits per heavy atom. The molecule has 0 saturated carbocycles. The molecular formula is C11H19NO. The maximum Gasteiger partial charge on any atom is 0.224 e. The number of amides is 1. The van der Waals surface area contributed by atoms with Crippen molar-refractivity contribution in [2.45, 2.75) is 40.5 Å². The first-order valence-electron chi connectivity index (χ1n) is 4.75. The zero-order valence-corrected chi connectivity index (χ0v) is 8.98. The molecule has 2 heteroatoms. The Labute approximate surface area is 80.7 Å². The molecule has 1 N–H and O–H groups in total. The molecule has 74 valence electrons. The van der Waals surface area contributed by atoms with Crippen molar-refractivity contribution in [2.75, 3.05) is 0 Å². The molecule has 0 aliphatic heterocycles. The zero-order valence-electron chi connectivity index (χ0n) is 8.98. The molecule has 0 aliphatic rings. The van der Waals surface area contributed by atoms with Crippen LogP contribution in [0.5, 0.6) is 0 Å². The minimum atomic E-state index is 0.0669. The van der Waals surface area contributed by atoms with Crippen LogP contribution in [0, 0.1) is 0 Å². The molecular weight excluding hydrogens is 162 g/mol. The second kappa shape index (κ2) is 6.46. The standard InChI is InChI=1S/C11H19NO/c1-5-7-10(8-9(3)4)12-11(13)6-2/h7-8H,5-6H2,1-4H3,(H,12,13)/b10-7+. The highest BCUT2D eigenvalue weighted by Crippen LogP contribution is 2.00. The summed E-state index contributed by atoms with van der Waals surface area (Å²) < 4.78 is 0. The van der Waals surface area contributed by atoms with Crippen molar-refractivity contribution in [1.82, 2.24) is 5.32 Å². The number of carbonyl (C=O) groups is 1. The van der Waals surface area contributed by atoms with Crippen LogP contribution in [0.15, 0.2) is 23.4 Å². The molecule has 0 aromatic carbocycles. The molecule has 0 bridgehead atoms. The van der Waals surface area contributed by atoms with E-state index in [9.17, 15) is 4.79 Å². The van der Waals surface area contributed by atoms with Gasteiger partial charge in [-0.05, 0) is 26.3 Å². The largest absolute Gasteiger partial charge is 0.326 e. The van der Waals surface area contributed by atoms with Crippen LogP contribution < -0.4 is 5.32 Å². The van der Waals surface area contributed by atoms with Crippen molar-refractivity contribution in [3.05, 3.63) is 23.4 Å². The van der Waals surface area contributed by atoms with E-state index in [2.05, 4.69) is 12.2 Å². The van der Waals surface area contributed by atoms with E-state index in [0.29, 0.717) is 6.42 Å². The van der Waals surface area contributed by atoms with Crippen molar-refractivity contribution in [1.29, 1.82) is 0 Å². The molecule has 1 amide bonds. The fraction of sp³-hybridized carbons (Fsp3) is 0.545. The lowest BCUT2D eigenvalue weighted by molar-refractivity contribution is -0.120. The van der Waals surface area contributed by atoms with Crippen molar-refractivity contribution in [3.8, 4) is 0 Å². The van der Waals surface area contributed by atoms with Gasteiger partial charge in [0.15, 0.2) is 0 Å². The summed E-state index contributed by atoms with van der Waals surface area (Å²) in [4.78, 5) is 11.1. The van der Waals surface area contributed by atoms with E-state index in [1.54, 1.807) is 0 Å². The molecule has 0 atom stereocenters. The van der Waals surface area contributed by atoms with E-state index in [0.717, 1.165) is 12.1 Å². The molecule has 0 aliphatic carbocycles. The molecule has 2 nitrogen and oxygen atoms in total. The van der Waals surface area contributed by atoms with Gasteiger partial charge in [-0.3, -0.25) is 4.79 Å². The summed E-state index contributed by atoms with van der Waals surface area (Å²) in [6, 6.07) is 0. The molecule has 0 aromatic heterocycles. The van der Waals surface area contributed by atoms with E-state index >= 15 is 0 Å². The van der Waals surface area contributed by atoms with Gasteiger partial charge in [0, 0.05) is 12.1 Å². The fourth-order valence-electron chi connectivity index (χ4n) is 0.926. The Hall–Kier alpha value is -1.05. The monoisotopic (exact) mass is 181 g/mol. The summed E-state index contributed by atoms with van der Waals surface area (Å²) in [6.45, 7) is 7.93. The van der Waals surface area contributed by atoms with Crippen LogP contribution in [0.3, 0.4) is 0 Å². The number of carbonyl (C=O) groups excluding carboxylic acids is 1. The number of allylic oxidation sites excluding steroid dienone is 3. The van der Waals surface area contributed by atoms with Crippen LogP contribution in [-0.2, 0) is 4.79 Å². The second-order valence-electron chi connectivity index (χ2n) is 3.19. The molecule has 0 rings (SSSR count). The van der Waals surface area contributed by atoms with E-state index in [1.807, 2.05) is 32.9 Å². The topological polar surface area (TPSA) is 29.1 Å². The van der Waals surface area contributed by atoms with Crippen LogP contribution in [0.1, 0.15) is 40.5 Å². The smallest absolute Gasteiger partial charge is 0.224 e. The summed E-state index contributed by atoms with van der Waals surface area (Å²) in [5.41, 5.74) is 2.10. The Kier molecular flexibility index (Phi) is 5.94. The third-order valence-corrected chi connectivity index (χ3v) is 1.47. The van der Waals surface area contributed by atoms with Gasteiger partial charge >= 0.3 is 0 Å². The van der Waals surface area contributed by atoms with Gasteiger partial charge in [0.25, 0.3) is 0 Å². The maximum atomic E-state index is 11.1. The van der Waals surface area contributed by atoms with Crippen molar-refractivity contribution >= 4 is 5.91 Å². The quantitative estimate of drug-likeness (QED) is 0.664. The minimum absolute atomic E-state index is 0.0669. The lowest BCUT2D eigenvalue weighted by atomic mass is 10.2. The van der Waals surface area contributed by atoms with Gasteiger partial charge in [0.1, 0.15) is 0 Å². The summed E-state index contributed by atoms with van der Waals surface area (Å²) in [7, 11) is 0. The zero-order chi connectivity index (χ0) is 10.3. The Balaban J connectivity index is 4.37. The van der Waals surface area contributed by atoms with Crippen molar-refractivity contribution in [3.63, 3.8) is 0 Å². The molecule has 0 aromatic rings. The lowest BCUT2D eigenvalue weighted by Gasteiger charge is -2.04. The number of rotatable bonds is 4. The Morgan fingerprint density at radius 3 is 2.31 bits per heavy atom. The first kappa shape index (κ1) is 11.9. The fourth-order valence-corrected chi connectivity index (χ4v) is 0.926. The van der Waals surface area contributed by atoms with Crippen LogP contribution in [0.25, 0.3) is 0 Å². The van der Waals surface area contributed by atoms with Crippen LogP contribution in [-0.4, -0.2) is 5.91 Å². The number of nitrogens with one attached hydrogen (secondary N) is 1. The number of hydrogen-bond acceptors (Lipinski definition) is 1. The van der Waals surface area contributed by atoms with Gasteiger partial charge in [-0.15, -0.1) is 0 Å². The summed E-state index contributed by atoms with van der Waals surface area (Å²) >= 11 is 0. The lowest BCUT2D eigenvalue weighted by Crippen LogP contribution is -2.20. The maximum absolute atomic E-state index is 11.1. The molecule has 0 heterocycles. The third kappa shape index (κ3) is 6.14. The Morgan fingerprint density at radius 2 is 1.92 bits per heavy atom. The average molecular weight is 181 g/mol. The van der Waals surface area contributed by atoms with Crippen molar-refractivity contribution < 1.29 is 4.79 Å². The average Bonchev–Trinajstić information content (AvgIpc) is 2.03. The summed E-state index contributed by atoms with van der Waals surface area (Å²) in [5, 5.41) is 2.84. The predicted molar refractivity (Wildman–Crippen MR) is 56.2 cm³/mol. The van der Waals surface area contributed by atoms with E-state index < -0.39 is 0 Å². The molecule has 0 spiro atoms. The first-order valence-corrected chi connectivity index (χ1v) is 4.75. The van der Waals surface area contributed by atoms with Gasteiger partial charge < -0.3 is 5.32 Å². The van der Waals surface area contributed by atoms with Crippen LogP contribution in [0.2, 0.25) is 0 Å². The van der Waals surface area contributed by atoms with Gasteiger partial charge in [-0.1, -0.05) is 25.5 Å². The predicted octanol–water partition coefficient (Wildman–Crippen LogP) is 2.77. The van der Waals surface area contributed by atoms with E-state index in [-0.39, 0.29) is 5.91 Å². The van der Waals surface area contributed by atoms with Crippen molar-refractivity contribution in [2.24, 2.45) is 0 Å². The van der Waals surface area contributed by atoms with Gasteiger partial charge in [0.05, 0.1) is 0 Å². The third-order valence-electron chi connectivity index (χ3n) is 1.47. The molecule has 0 saturated heterocycles. The first-order chi connectivity index (χ1) is 6.10. The molecule has 0 unspecified atom stereocenters. The summed E-state index contributed by atoms with van der Waals surface area (Å²) in [6.07, 6.45) is 5.46. The van der Waals surface area contributed by atoms with E-state index in [1.165, 1.54) is 5.57 Å². The SMILES string of the molecule is CC/C=C(\C=C(C)C)NC(=O)CC. The summed E-state index contributed by atoms with van der Waals surface area (Å²) in [5.74, 6) is 0.0669. The Bertz CT molecular complexity index is 222. The highest BCUT2D eigenvalue weighted by Gasteiger charge is 1.98. The molecule has 13 heavy (non-hydrogen) atoms.